The molecule has 1 aliphatic heterocycles. The summed E-state index contributed by atoms with van der Waals surface area (Å²) in [5.74, 6) is 1.34. The van der Waals surface area contributed by atoms with Gasteiger partial charge in [-0.15, -0.1) is 0 Å². The Balaban J connectivity index is 1.50. The summed E-state index contributed by atoms with van der Waals surface area (Å²) >= 11 is 12.1. The third-order valence-electron chi connectivity index (χ3n) is 5.57. The van der Waals surface area contributed by atoms with Crippen LogP contribution in [0.2, 0.25) is 10.0 Å². The van der Waals surface area contributed by atoms with Gasteiger partial charge in [-0.05, 0) is 44.9 Å². The van der Waals surface area contributed by atoms with Gasteiger partial charge in [-0.3, -0.25) is 9.59 Å². The van der Waals surface area contributed by atoms with Gasteiger partial charge in [0.15, 0.2) is 11.7 Å². The monoisotopic (exact) mass is 451 g/mol. The van der Waals surface area contributed by atoms with E-state index in [2.05, 4.69) is 4.98 Å². The molecule has 0 N–H and O–H groups in total. The smallest absolute Gasteiger partial charge is 0.225 e. The first-order chi connectivity index (χ1) is 14.4. The Morgan fingerprint density at radius 1 is 1.20 bits per heavy atom. The summed E-state index contributed by atoms with van der Waals surface area (Å²) in [5, 5.41) is 1.04. The summed E-state index contributed by atoms with van der Waals surface area (Å²) < 4.78 is 5.77. The van der Waals surface area contributed by atoms with Crippen LogP contribution in [0.4, 0.5) is 0 Å². The van der Waals surface area contributed by atoms with Crippen LogP contribution in [0.5, 0.6) is 0 Å². The average Bonchev–Trinajstić information content (AvgIpc) is 3.21. The lowest BCUT2D eigenvalue weighted by molar-refractivity contribution is -0.140. The molecule has 8 heteroatoms. The van der Waals surface area contributed by atoms with Gasteiger partial charge in [0.1, 0.15) is 0 Å². The number of hydrogen-bond donors (Lipinski definition) is 0. The van der Waals surface area contributed by atoms with Gasteiger partial charge >= 0.3 is 0 Å². The average molecular weight is 452 g/mol. The highest BCUT2D eigenvalue weighted by Gasteiger charge is 2.29. The second-order valence-electron chi connectivity index (χ2n) is 7.41. The number of halogens is 2. The van der Waals surface area contributed by atoms with Crippen molar-refractivity contribution in [1.29, 1.82) is 0 Å². The van der Waals surface area contributed by atoms with Crippen molar-refractivity contribution in [1.82, 2.24) is 14.8 Å². The Morgan fingerprint density at radius 3 is 2.53 bits per heavy atom. The van der Waals surface area contributed by atoms with Crippen molar-refractivity contribution >= 4 is 35.0 Å². The van der Waals surface area contributed by atoms with E-state index in [0.717, 1.165) is 25.9 Å². The van der Waals surface area contributed by atoms with Crippen molar-refractivity contribution in [3.63, 3.8) is 0 Å². The zero-order chi connectivity index (χ0) is 21.7. The van der Waals surface area contributed by atoms with Crippen molar-refractivity contribution in [3.05, 3.63) is 40.3 Å². The normalized spacial score (nSPS) is 14.7. The minimum Gasteiger partial charge on any atom is -0.441 e. The number of likely N-dealkylation sites (tertiary alicyclic amines) is 1. The van der Waals surface area contributed by atoms with Crippen LogP contribution in [0.1, 0.15) is 39.0 Å². The summed E-state index contributed by atoms with van der Waals surface area (Å²) in [6.45, 7) is 6.69. The van der Waals surface area contributed by atoms with E-state index in [-0.39, 0.29) is 17.7 Å². The van der Waals surface area contributed by atoms with Crippen LogP contribution in [0, 0.1) is 5.92 Å². The summed E-state index contributed by atoms with van der Waals surface area (Å²) in [6.07, 6.45) is 3.79. The quantitative estimate of drug-likeness (QED) is 0.612. The Bertz CT molecular complexity index is 888. The third-order valence-corrected chi connectivity index (χ3v) is 6.12. The highest BCUT2D eigenvalue weighted by molar-refractivity contribution is 6.36. The maximum Gasteiger partial charge on any atom is 0.225 e. The maximum atomic E-state index is 12.6. The number of nitrogens with zero attached hydrogens (tertiary/aromatic N) is 3. The highest BCUT2D eigenvalue weighted by Crippen LogP contribution is 2.31. The molecule has 1 aliphatic rings. The lowest BCUT2D eigenvalue weighted by Gasteiger charge is -2.33. The van der Waals surface area contributed by atoms with E-state index in [9.17, 15) is 9.59 Å². The van der Waals surface area contributed by atoms with E-state index >= 15 is 0 Å². The Hall–Kier alpha value is -2.05. The van der Waals surface area contributed by atoms with Gasteiger partial charge < -0.3 is 14.2 Å². The Labute approximate surface area is 187 Å². The lowest BCUT2D eigenvalue weighted by atomic mass is 9.95. The summed E-state index contributed by atoms with van der Waals surface area (Å²) in [7, 11) is 0. The molecule has 1 saturated heterocycles. The third kappa shape index (κ3) is 5.35. The van der Waals surface area contributed by atoms with Gasteiger partial charge in [-0.1, -0.05) is 23.2 Å². The number of oxazole rings is 1. The van der Waals surface area contributed by atoms with E-state index in [1.165, 1.54) is 0 Å². The summed E-state index contributed by atoms with van der Waals surface area (Å²) in [4.78, 5) is 33.1. The van der Waals surface area contributed by atoms with Crippen LogP contribution in [0.3, 0.4) is 0 Å². The van der Waals surface area contributed by atoms with Gasteiger partial charge in [0.2, 0.25) is 11.8 Å². The number of carbonyl (C=O) groups is 2. The van der Waals surface area contributed by atoms with Crippen LogP contribution < -0.4 is 0 Å². The molecule has 0 saturated carbocycles. The van der Waals surface area contributed by atoms with Crippen LogP contribution in [0.15, 0.2) is 28.8 Å². The molecule has 1 aromatic carbocycles. The summed E-state index contributed by atoms with van der Waals surface area (Å²) in [5.41, 5.74) is 0.714. The van der Waals surface area contributed by atoms with Crippen LogP contribution in [0.25, 0.3) is 11.3 Å². The second kappa shape index (κ2) is 10.3. The van der Waals surface area contributed by atoms with Crippen LogP contribution >= 0.6 is 23.2 Å². The fraction of sp³-hybridized carbons (Fsp3) is 0.500. The van der Waals surface area contributed by atoms with Crippen LogP contribution in [-0.2, 0) is 16.0 Å². The zero-order valence-corrected chi connectivity index (χ0v) is 18.9. The van der Waals surface area contributed by atoms with Gasteiger partial charge in [0.25, 0.3) is 0 Å². The van der Waals surface area contributed by atoms with Crippen molar-refractivity contribution in [2.24, 2.45) is 5.92 Å². The molecule has 1 aromatic heterocycles. The number of piperidine rings is 1. The Morgan fingerprint density at radius 2 is 1.90 bits per heavy atom. The Kier molecular flexibility index (Phi) is 7.78. The van der Waals surface area contributed by atoms with E-state index in [0.29, 0.717) is 53.2 Å². The highest BCUT2D eigenvalue weighted by atomic mass is 35.5. The molecule has 1 fully saturated rings. The largest absolute Gasteiger partial charge is 0.441 e. The lowest BCUT2D eigenvalue weighted by Crippen LogP contribution is -2.44. The number of benzene rings is 1. The predicted octanol–water partition coefficient (Wildman–Crippen LogP) is 4.69. The first kappa shape index (κ1) is 22.6. The number of aromatic nitrogens is 1. The number of hydrogen-bond acceptors (Lipinski definition) is 4. The molecule has 162 valence electrons. The molecule has 0 atom stereocenters. The number of amides is 2. The molecule has 0 unspecified atom stereocenters. The predicted molar refractivity (Wildman–Crippen MR) is 118 cm³/mol. The van der Waals surface area contributed by atoms with Crippen molar-refractivity contribution in [2.45, 2.75) is 39.5 Å². The minimum absolute atomic E-state index is 0.0207. The van der Waals surface area contributed by atoms with Gasteiger partial charge in [-0.25, -0.2) is 4.98 Å². The van der Waals surface area contributed by atoms with Gasteiger partial charge in [-0.2, -0.15) is 0 Å². The van der Waals surface area contributed by atoms with Crippen molar-refractivity contribution in [2.75, 3.05) is 26.2 Å². The number of rotatable bonds is 7. The zero-order valence-electron chi connectivity index (χ0n) is 17.4. The van der Waals surface area contributed by atoms with Gasteiger partial charge in [0.05, 0.1) is 11.2 Å². The SMILES string of the molecule is CCN(CC)C(=O)C1CCN(C(=O)CCc2ncc(-c3ccc(Cl)cc3Cl)o2)CC1. The first-order valence-electron chi connectivity index (χ1n) is 10.4. The van der Waals surface area contributed by atoms with E-state index in [1.807, 2.05) is 23.6 Å². The maximum absolute atomic E-state index is 12.6. The second-order valence-corrected chi connectivity index (χ2v) is 8.25. The molecule has 2 heterocycles. The summed E-state index contributed by atoms with van der Waals surface area (Å²) in [6, 6.07) is 5.17. The molecule has 6 nitrogen and oxygen atoms in total. The minimum atomic E-state index is 0.0207. The number of carbonyl (C=O) groups excluding carboxylic acids is 2. The van der Waals surface area contributed by atoms with Crippen molar-refractivity contribution < 1.29 is 14.0 Å². The van der Waals surface area contributed by atoms with E-state index in [1.54, 1.807) is 24.4 Å². The standard InChI is InChI=1S/C22H27Cl2N3O3/c1-3-26(4-2)22(29)15-9-11-27(12-10-15)21(28)8-7-20-25-14-19(30-20)17-6-5-16(23)13-18(17)24/h5-6,13-15H,3-4,7-12H2,1-2H3. The molecule has 0 spiro atoms. The number of aryl methyl sites for hydroxylation is 1. The van der Waals surface area contributed by atoms with Crippen molar-refractivity contribution in [3.8, 4) is 11.3 Å². The molecular formula is C22H27Cl2N3O3. The first-order valence-corrected chi connectivity index (χ1v) is 11.1. The van der Waals surface area contributed by atoms with E-state index in [4.69, 9.17) is 27.6 Å². The fourth-order valence-electron chi connectivity index (χ4n) is 3.78. The molecule has 0 bridgehead atoms. The molecule has 0 radical (unpaired) electrons. The van der Waals surface area contributed by atoms with E-state index < -0.39 is 0 Å². The molecule has 2 aromatic rings. The molecule has 2 amide bonds. The molecule has 0 aliphatic carbocycles. The molecular weight excluding hydrogens is 425 g/mol. The fourth-order valence-corrected chi connectivity index (χ4v) is 4.28. The molecule has 30 heavy (non-hydrogen) atoms. The van der Waals surface area contributed by atoms with Gasteiger partial charge in [0, 0.05) is 55.5 Å². The van der Waals surface area contributed by atoms with Crippen LogP contribution in [-0.4, -0.2) is 52.8 Å². The molecule has 3 rings (SSSR count). The topological polar surface area (TPSA) is 66.7 Å².